The van der Waals surface area contributed by atoms with Crippen molar-refractivity contribution >= 4 is 27.9 Å². The third-order valence-corrected chi connectivity index (χ3v) is 4.96. The molecule has 27 heavy (non-hydrogen) atoms. The highest BCUT2D eigenvalue weighted by atomic mass is 79.9. The van der Waals surface area contributed by atoms with Crippen LogP contribution in [0.1, 0.15) is 38.3 Å². The van der Waals surface area contributed by atoms with E-state index in [4.69, 9.17) is 14.2 Å². The van der Waals surface area contributed by atoms with Crippen molar-refractivity contribution in [2.45, 2.75) is 37.5 Å². The molecule has 3 rings (SSSR count). The number of hydrogen-bond acceptors (Lipinski definition) is 5. The molecule has 0 radical (unpaired) electrons. The monoisotopic (exact) mass is 432 g/mol. The van der Waals surface area contributed by atoms with Crippen LogP contribution in [0, 0.1) is 13.8 Å². The molecule has 0 aliphatic carbocycles. The molecule has 0 aromatic heterocycles. The number of benzene rings is 2. The smallest absolute Gasteiger partial charge is 0.338 e. The van der Waals surface area contributed by atoms with Crippen LogP contribution in [0.2, 0.25) is 0 Å². The SMILES string of the molecule is Cc1ccc(C(=O)OC[C@H]2OC(Br)C[C@@H]2OC(=O)c2ccc(C)cc2)cc1. The fourth-order valence-electron chi connectivity index (χ4n) is 2.76. The summed E-state index contributed by atoms with van der Waals surface area (Å²) in [6.07, 6.45) is -0.517. The van der Waals surface area contributed by atoms with Crippen molar-refractivity contribution in [2.75, 3.05) is 6.61 Å². The number of carbonyl (C=O) groups is 2. The van der Waals surface area contributed by atoms with Crippen LogP contribution < -0.4 is 0 Å². The minimum absolute atomic E-state index is 0.0145. The van der Waals surface area contributed by atoms with Crippen LogP contribution in [-0.4, -0.2) is 35.8 Å². The van der Waals surface area contributed by atoms with Crippen molar-refractivity contribution in [3.05, 3.63) is 70.8 Å². The topological polar surface area (TPSA) is 61.8 Å². The summed E-state index contributed by atoms with van der Waals surface area (Å²) in [5.74, 6) is -0.847. The van der Waals surface area contributed by atoms with Crippen LogP contribution in [0.4, 0.5) is 0 Å². The van der Waals surface area contributed by atoms with Gasteiger partial charge in [0.05, 0.1) is 11.1 Å². The maximum atomic E-state index is 12.4. The van der Waals surface area contributed by atoms with Gasteiger partial charge in [0.25, 0.3) is 0 Å². The first kappa shape index (κ1) is 19.6. The van der Waals surface area contributed by atoms with Crippen LogP contribution in [0.15, 0.2) is 48.5 Å². The lowest BCUT2D eigenvalue weighted by Crippen LogP contribution is -2.32. The molecule has 3 atom stereocenters. The lowest BCUT2D eigenvalue weighted by molar-refractivity contribution is -0.0309. The molecule has 1 fully saturated rings. The molecular formula is C21H21BrO5. The second-order valence-electron chi connectivity index (χ2n) is 6.59. The molecule has 0 bridgehead atoms. The lowest BCUT2D eigenvalue weighted by atomic mass is 10.1. The summed E-state index contributed by atoms with van der Waals surface area (Å²) in [7, 11) is 0. The third-order valence-electron chi connectivity index (χ3n) is 4.37. The van der Waals surface area contributed by atoms with E-state index in [1.807, 2.05) is 38.1 Å². The van der Waals surface area contributed by atoms with Crippen molar-refractivity contribution in [2.24, 2.45) is 0 Å². The standard InChI is InChI=1S/C21H21BrO5/c1-13-3-7-15(8-4-13)20(23)25-12-18-17(11-19(22)26-18)27-21(24)16-9-5-14(2)6-10-16/h3-10,17-19H,11-12H2,1-2H3/t17-,18+,19?/m0/s1. The zero-order chi connectivity index (χ0) is 19.4. The molecule has 0 N–H and O–H groups in total. The number of esters is 2. The van der Waals surface area contributed by atoms with Gasteiger partial charge in [-0.1, -0.05) is 51.3 Å². The van der Waals surface area contributed by atoms with E-state index < -0.39 is 24.1 Å². The van der Waals surface area contributed by atoms with Gasteiger partial charge in [-0.15, -0.1) is 0 Å². The molecule has 0 amide bonds. The molecule has 0 spiro atoms. The fraction of sp³-hybridized carbons (Fsp3) is 0.333. The van der Waals surface area contributed by atoms with Crippen LogP contribution in [0.5, 0.6) is 0 Å². The van der Waals surface area contributed by atoms with Crippen LogP contribution in [0.25, 0.3) is 0 Å². The van der Waals surface area contributed by atoms with Crippen LogP contribution >= 0.6 is 15.9 Å². The highest BCUT2D eigenvalue weighted by molar-refractivity contribution is 9.09. The molecule has 1 heterocycles. The Kier molecular flexibility index (Phi) is 6.29. The molecule has 2 aromatic carbocycles. The fourth-order valence-corrected chi connectivity index (χ4v) is 3.41. The number of alkyl halides is 1. The Morgan fingerprint density at radius 3 is 2.04 bits per heavy atom. The van der Waals surface area contributed by atoms with Crippen LogP contribution in [0.3, 0.4) is 0 Å². The van der Waals surface area contributed by atoms with Crippen LogP contribution in [-0.2, 0) is 14.2 Å². The second kappa shape index (κ2) is 8.67. The van der Waals surface area contributed by atoms with Gasteiger partial charge in [-0.2, -0.15) is 0 Å². The van der Waals surface area contributed by atoms with E-state index in [-0.39, 0.29) is 11.6 Å². The molecule has 1 saturated heterocycles. The first-order valence-corrected chi connectivity index (χ1v) is 9.65. The minimum atomic E-state index is -0.516. The number of hydrogen-bond donors (Lipinski definition) is 0. The van der Waals surface area contributed by atoms with Gasteiger partial charge in [0.15, 0.2) is 0 Å². The Bertz CT molecular complexity index is 800. The highest BCUT2D eigenvalue weighted by Crippen LogP contribution is 2.28. The van der Waals surface area contributed by atoms with E-state index in [9.17, 15) is 9.59 Å². The van der Waals surface area contributed by atoms with Gasteiger partial charge in [0.1, 0.15) is 23.8 Å². The molecule has 2 aromatic rings. The van der Waals surface area contributed by atoms with E-state index in [0.717, 1.165) is 11.1 Å². The van der Waals surface area contributed by atoms with E-state index in [0.29, 0.717) is 17.5 Å². The molecule has 1 unspecified atom stereocenters. The lowest BCUT2D eigenvalue weighted by Gasteiger charge is -2.19. The molecule has 5 nitrogen and oxygen atoms in total. The summed E-state index contributed by atoms with van der Waals surface area (Å²) < 4.78 is 16.6. The van der Waals surface area contributed by atoms with Gasteiger partial charge in [0, 0.05) is 6.42 Å². The summed E-state index contributed by atoms with van der Waals surface area (Å²) >= 11 is 3.38. The zero-order valence-electron chi connectivity index (χ0n) is 15.2. The Labute approximate surface area is 166 Å². The molecule has 6 heteroatoms. The minimum Gasteiger partial charge on any atom is -0.459 e. The van der Waals surface area contributed by atoms with Gasteiger partial charge in [-0.3, -0.25) is 0 Å². The molecular weight excluding hydrogens is 412 g/mol. The summed E-state index contributed by atoms with van der Waals surface area (Å²) in [5, 5.41) is -0.253. The number of halogens is 1. The van der Waals surface area contributed by atoms with E-state index in [2.05, 4.69) is 15.9 Å². The Morgan fingerprint density at radius 1 is 0.963 bits per heavy atom. The number of rotatable bonds is 5. The zero-order valence-corrected chi connectivity index (χ0v) is 16.8. The first-order valence-electron chi connectivity index (χ1n) is 8.73. The normalized spacial score (nSPS) is 21.7. The first-order chi connectivity index (χ1) is 12.9. The van der Waals surface area contributed by atoms with Crippen molar-refractivity contribution in [3.8, 4) is 0 Å². The number of aryl methyl sites for hydroxylation is 2. The second-order valence-corrected chi connectivity index (χ2v) is 7.62. The molecule has 1 aliphatic heterocycles. The van der Waals surface area contributed by atoms with Crippen molar-refractivity contribution in [3.63, 3.8) is 0 Å². The number of ether oxygens (including phenoxy) is 3. The quantitative estimate of drug-likeness (QED) is 0.523. The molecule has 1 aliphatic rings. The summed E-state index contributed by atoms with van der Waals surface area (Å²) in [4.78, 5) is 24.5. The maximum Gasteiger partial charge on any atom is 0.338 e. The van der Waals surface area contributed by atoms with Gasteiger partial charge in [-0.25, -0.2) is 9.59 Å². The number of carbonyl (C=O) groups excluding carboxylic acids is 2. The predicted molar refractivity (Wildman–Crippen MR) is 104 cm³/mol. The Balaban J connectivity index is 1.58. The average molecular weight is 433 g/mol. The average Bonchev–Trinajstić information content (AvgIpc) is 3.00. The van der Waals surface area contributed by atoms with Gasteiger partial charge < -0.3 is 14.2 Å². The molecule has 0 saturated carbocycles. The third kappa shape index (κ3) is 5.17. The van der Waals surface area contributed by atoms with E-state index >= 15 is 0 Å². The van der Waals surface area contributed by atoms with E-state index in [1.54, 1.807) is 24.3 Å². The van der Waals surface area contributed by atoms with Gasteiger partial charge in [-0.05, 0) is 38.1 Å². The van der Waals surface area contributed by atoms with Gasteiger partial charge >= 0.3 is 11.9 Å². The highest BCUT2D eigenvalue weighted by Gasteiger charge is 2.38. The summed E-state index contributed by atoms with van der Waals surface area (Å²) in [6.45, 7) is 3.92. The summed E-state index contributed by atoms with van der Waals surface area (Å²) in [6, 6.07) is 14.3. The van der Waals surface area contributed by atoms with Gasteiger partial charge in [0.2, 0.25) is 0 Å². The van der Waals surface area contributed by atoms with Crippen molar-refractivity contribution in [1.29, 1.82) is 0 Å². The summed E-state index contributed by atoms with van der Waals surface area (Å²) in [5.41, 5.74) is 3.09. The van der Waals surface area contributed by atoms with E-state index in [1.165, 1.54) is 0 Å². The largest absolute Gasteiger partial charge is 0.459 e. The predicted octanol–water partition coefficient (Wildman–Crippen LogP) is 4.20. The maximum absolute atomic E-state index is 12.4. The Morgan fingerprint density at radius 2 is 1.48 bits per heavy atom. The Hall–Kier alpha value is -2.18. The molecule has 142 valence electrons. The van der Waals surface area contributed by atoms with Crippen molar-refractivity contribution < 1.29 is 23.8 Å². The van der Waals surface area contributed by atoms with Crippen molar-refractivity contribution in [1.82, 2.24) is 0 Å².